The predicted molar refractivity (Wildman–Crippen MR) is 64.7 cm³/mol. The highest BCUT2D eigenvalue weighted by Gasteiger charge is 2.31. The Kier molecular flexibility index (Phi) is 4.94. The minimum atomic E-state index is -4.38. The zero-order chi connectivity index (χ0) is 14.6. The van der Waals surface area contributed by atoms with Crippen LogP contribution in [0.15, 0.2) is 18.2 Å². The first-order chi connectivity index (χ1) is 8.74. The minimum absolute atomic E-state index is 0.488. The van der Waals surface area contributed by atoms with Gasteiger partial charge in [-0.2, -0.15) is 13.2 Å². The molecule has 0 saturated carbocycles. The summed E-state index contributed by atoms with van der Waals surface area (Å²) in [6.07, 6.45) is -4.38. The standard InChI is InChI=1S/C13H16F3NO2/c1-8-4-5-10(9(2)6-8)11(12(18)19-3)17-7-13(14,15)16/h4-6,11,17H,7H2,1-3H3. The fourth-order valence-corrected chi connectivity index (χ4v) is 1.81. The number of nitrogens with one attached hydrogen (secondary N) is 1. The number of hydrogen-bond acceptors (Lipinski definition) is 3. The summed E-state index contributed by atoms with van der Waals surface area (Å²) in [7, 11) is 1.15. The molecular formula is C13H16F3NO2. The van der Waals surface area contributed by atoms with Gasteiger partial charge in [0.25, 0.3) is 0 Å². The van der Waals surface area contributed by atoms with Crippen LogP contribution in [-0.4, -0.2) is 25.8 Å². The van der Waals surface area contributed by atoms with Crippen LogP contribution in [0.3, 0.4) is 0 Å². The summed E-state index contributed by atoms with van der Waals surface area (Å²) in [4.78, 5) is 11.6. The van der Waals surface area contributed by atoms with E-state index >= 15 is 0 Å². The molecule has 106 valence electrons. The highest BCUT2D eigenvalue weighted by atomic mass is 19.4. The number of hydrogen-bond donors (Lipinski definition) is 1. The molecule has 0 aromatic heterocycles. The van der Waals surface area contributed by atoms with E-state index < -0.39 is 24.7 Å². The third-order valence-electron chi connectivity index (χ3n) is 2.68. The number of alkyl halides is 3. The molecule has 0 radical (unpaired) electrons. The Labute approximate surface area is 109 Å². The third-order valence-corrected chi connectivity index (χ3v) is 2.68. The van der Waals surface area contributed by atoms with Gasteiger partial charge in [0.2, 0.25) is 0 Å². The van der Waals surface area contributed by atoms with Crippen LogP contribution in [0.25, 0.3) is 0 Å². The lowest BCUT2D eigenvalue weighted by Gasteiger charge is -2.20. The average Bonchev–Trinajstić information content (AvgIpc) is 2.29. The molecule has 0 fully saturated rings. The molecule has 6 heteroatoms. The van der Waals surface area contributed by atoms with E-state index in [4.69, 9.17) is 0 Å². The Hall–Kier alpha value is -1.56. The minimum Gasteiger partial charge on any atom is -0.468 e. The predicted octanol–water partition coefficient (Wildman–Crippen LogP) is 2.67. The molecule has 1 aromatic rings. The molecule has 0 aliphatic heterocycles. The number of methoxy groups -OCH3 is 1. The quantitative estimate of drug-likeness (QED) is 0.859. The molecule has 0 amide bonds. The van der Waals surface area contributed by atoms with Crippen LogP contribution in [0.5, 0.6) is 0 Å². The summed E-state index contributed by atoms with van der Waals surface area (Å²) in [6.45, 7) is 2.36. The van der Waals surface area contributed by atoms with Crippen molar-refractivity contribution in [3.63, 3.8) is 0 Å². The van der Waals surface area contributed by atoms with Crippen LogP contribution in [0.4, 0.5) is 13.2 Å². The van der Waals surface area contributed by atoms with Crippen molar-refractivity contribution in [3.05, 3.63) is 34.9 Å². The lowest BCUT2D eigenvalue weighted by atomic mass is 9.99. The first-order valence-electron chi connectivity index (χ1n) is 5.69. The number of halogens is 3. The second-order valence-corrected chi connectivity index (χ2v) is 4.31. The molecule has 1 aromatic carbocycles. The summed E-state index contributed by atoms with van der Waals surface area (Å²) in [5, 5.41) is 2.19. The van der Waals surface area contributed by atoms with E-state index in [2.05, 4.69) is 10.1 Å². The molecule has 0 bridgehead atoms. The smallest absolute Gasteiger partial charge is 0.401 e. The van der Waals surface area contributed by atoms with E-state index in [0.29, 0.717) is 5.56 Å². The molecule has 0 heterocycles. The van der Waals surface area contributed by atoms with Crippen molar-refractivity contribution in [1.82, 2.24) is 5.32 Å². The van der Waals surface area contributed by atoms with Gasteiger partial charge in [-0.25, -0.2) is 4.79 Å². The van der Waals surface area contributed by atoms with Gasteiger partial charge in [-0.05, 0) is 25.0 Å². The largest absolute Gasteiger partial charge is 0.468 e. The Morgan fingerprint density at radius 2 is 2.00 bits per heavy atom. The SMILES string of the molecule is COC(=O)C(NCC(F)(F)F)c1ccc(C)cc1C. The maximum atomic E-state index is 12.2. The van der Waals surface area contributed by atoms with Crippen molar-refractivity contribution in [2.45, 2.75) is 26.1 Å². The van der Waals surface area contributed by atoms with Crippen molar-refractivity contribution >= 4 is 5.97 Å². The van der Waals surface area contributed by atoms with Gasteiger partial charge in [0.1, 0.15) is 6.04 Å². The zero-order valence-corrected chi connectivity index (χ0v) is 11.0. The molecule has 1 unspecified atom stereocenters. The lowest BCUT2D eigenvalue weighted by molar-refractivity contribution is -0.146. The zero-order valence-electron chi connectivity index (χ0n) is 11.0. The van der Waals surface area contributed by atoms with E-state index in [1.165, 1.54) is 0 Å². The highest BCUT2D eigenvalue weighted by molar-refractivity contribution is 5.78. The second-order valence-electron chi connectivity index (χ2n) is 4.31. The van der Waals surface area contributed by atoms with Gasteiger partial charge in [0, 0.05) is 0 Å². The van der Waals surface area contributed by atoms with Gasteiger partial charge >= 0.3 is 12.1 Å². The monoisotopic (exact) mass is 275 g/mol. The number of aryl methyl sites for hydroxylation is 2. The van der Waals surface area contributed by atoms with Gasteiger partial charge in [-0.1, -0.05) is 23.8 Å². The molecule has 19 heavy (non-hydrogen) atoms. The van der Waals surface area contributed by atoms with Crippen LogP contribution in [0.1, 0.15) is 22.7 Å². The van der Waals surface area contributed by atoms with E-state index in [0.717, 1.165) is 18.2 Å². The average molecular weight is 275 g/mol. The van der Waals surface area contributed by atoms with Gasteiger partial charge < -0.3 is 4.74 Å². The lowest BCUT2D eigenvalue weighted by Crippen LogP contribution is -2.37. The third kappa shape index (κ3) is 4.55. The Balaban J connectivity index is 3.00. The molecule has 0 aliphatic carbocycles. The Bertz CT molecular complexity index is 458. The first-order valence-corrected chi connectivity index (χ1v) is 5.69. The molecule has 1 rings (SSSR count). The topological polar surface area (TPSA) is 38.3 Å². The summed E-state index contributed by atoms with van der Waals surface area (Å²) < 4.78 is 41.3. The molecule has 0 spiro atoms. The van der Waals surface area contributed by atoms with Gasteiger partial charge in [-0.3, -0.25) is 5.32 Å². The first kappa shape index (κ1) is 15.5. The number of carbonyl (C=O) groups is 1. The normalized spacial score (nSPS) is 13.2. The van der Waals surface area contributed by atoms with E-state index in [9.17, 15) is 18.0 Å². The van der Waals surface area contributed by atoms with Crippen LogP contribution < -0.4 is 5.32 Å². The maximum absolute atomic E-state index is 12.2. The van der Waals surface area contributed by atoms with E-state index in [-0.39, 0.29) is 0 Å². The van der Waals surface area contributed by atoms with Gasteiger partial charge in [-0.15, -0.1) is 0 Å². The van der Waals surface area contributed by atoms with Crippen LogP contribution >= 0.6 is 0 Å². The molecule has 0 aliphatic rings. The van der Waals surface area contributed by atoms with Crippen molar-refractivity contribution < 1.29 is 22.7 Å². The van der Waals surface area contributed by atoms with Crippen molar-refractivity contribution in [2.24, 2.45) is 0 Å². The Morgan fingerprint density at radius 1 is 1.37 bits per heavy atom. The van der Waals surface area contributed by atoms with Crippen LogP contribution in [0, 0.1) is 13.8 Å². The van der Waals surface area contributed by atoms with Gasteiger partial charge in [0.05, 0.1) is 13.7 Å². The molecule has 1 N–H and O–H groups in total. The summed E-state index contributed by atoms with van der Waals surface area (Å²) >= 11 is 0. The van der Waals surface area contributed by atoms with E-state index in [1.807, 2.05) is 6.92 Å². The van der Waals surface area contributed by atoms with Crippen molar-refractivity contribution in [1.29, 1.82) is 0 Å². The van der Waals surface area contributed by atoms with Crippen molar-refractivity contribution in [2.75, 3.05) is 13.7 Å². The number of benzene rings is 1. The summed E-state index contributed by atoms with van der Waals surface area (Å²) in [6, 6.07) is 4.07. The van der Waals surface area contributed by atoms with Gasteiger partial charge in [0.15, 0.2) is 0 Å². The molecular weight excluding hydrogens is 259 g/mol. The maximum Gasteiger partial charge on any atom is 0.401 e. The summed E-state index contributed by atoms with van der Waals surface area (Å²) in [5.41, 5.74) is 2.20. The second kappa shape index (κ2) is 6.06. The fraction of sp³-hybridized carbons (Fsp3) is 0.462. The number of carbonyl (C=O) groups excluding carboxylic acids is 1. The van der Waals surface area contributed by atoms with Crippen LogP contribution in [0.2, 0.25) is 0 Å². The van der Waals surface area contributed by atoms with E-state index in [1.54, 1.807) is 25.1 Å². The number of ether oxygens (including phenoxy) is 1. The summed E-state index contributed by atoms with van der Waals surface area (Å²) in [5.74, 6) is -0.740. The Morgan fingerprint density at radius 3 is 2.47 bits per heavy atom. The fourth-order valence-electron chi connectivity index (χ4n) is 1.81. The number of rotatable bonds is 4. The van der Waals surface area contributed by atoms with Crippen LogP contribution in [-0.2, 0) is 9.53 Å². The number of esters is 1. The molecule has 0 saturated heterocycles. The highest BCUT2D eigenvalue weighted by Crippen LogP contribution is 2.22. The molecule has 1 atom stereocenters. The molecule has 3 nitrogen and oxygen atoms in total. The van der Waals surface area contributed by atoms with Crippen molar-refractivity contribution in [3.8, 4) is 0 Å².